The van der Waals surface area contributed by atoms with E-state index in [-0.39, 0.29) is 17.5 Å². The van der Waals surface area contributed by atoms with Crippen molar-refractivity contribution in [1.29, 1.82) is 0 Å². The Labute approximate surface area is 128 Å². The van der Waals surface area contributed by atoms with Gasteiger partial charge in [0.05, 0.1) is 0 Å². The van der Waals surface area contributed by atoms with Gasteiger partial charge >= 0.3 is 5.63 Å². The molecule has 116 valence electrons. The fourth-order valence-corrected chi connectivity index (χ4v) is 2.53. The van der Waals surface area contributed by atoms with Gasteiger partial charge in [-0.15, -0.1) is 0 Å². The van der Waals surface area contributed by atoms with Gasteiger partial charge in [-0.25, -0.2) is 4.79 Å². The molecule has 1 saturated carbocycles. The molecule has 1 heterocycles. The van der Waals surface area contributed by atoms with Crippen LogP contribution in [-0.2, 0) is 0 Å². The summed E-state index contributed by atoms with van der Waals surface area (Å²) in [6.45, 7) is 5.92. The minimum Gasteiger partial charge on any atom is -0.422 e. The zero-order chi connectivity index (χ0) is 15.7. The molecular formula is C17H20N2O3. The third kappa shape index (κ3) is 2.84. The van der Waals surface area contributed by atoms with Crippen LogP contribution in [0.4, 0.5) is 5.69 Å². The summed E-state index contributed by atoms with van der Waals surface area (Å²) in [5.74, 6) is -0.342. The van der Waals surface area contributed by atoms with Crippen LogP contribution in [0.15, 0.2) is 33.5 Å². The van der Waals surface area contributed by atoms with E-state index >= 15 is 0 Å². The molecule has 1 amide bonds. The van der Waals surface area contributed by atoms with E-state index < -0.39 is 5.63 Å². The summed E-state index contributed by atoms with van der Waals surface area (Å²) in [5, 5.41) is 3.58. The number of carbonyl (C=O) groups is 1. The van der Waals surface area contributed by atoms with Crippen molar-refractivity contribution in [3.8, 4) is 0 Å². The van der Waals surface area contributed by atoms with Crippen LogP contribution in [-0.4, -0.2) is 25.0 Å². The minimum absolute atomic E-state index is 0.0787. The van der Waals surface area contributed by atoms with Crippen LogP contribution in [0.2, 0.25) is 0 Å². The van der Waals surface area contributed by atoms with Gasteiger partial charge in [0, 0.05) is 36.3 Å². The number of fused-ring (bicyclic) bond motifs is 1. The molecule has 22 heavy (non-hydrogen) atoms. The van der Waals surface area contributed by atoms with Crippen LogP contribution in [0.25, 0.3) is 11.0 Å². The molecule has 0 radical (unpaired) electrons. The number of benzene rings is 1. The molecule has 2 aromatic rings. The van der Waals surface area contributed by atoms with Gasteiger partial charge in [-0.05, 0) is 44.9 Å². The van der Waals surface area contributed by atoms with Crippen LogP contribution >= 0.6 is 0 Å². The largest absolute Gasteiger partial charge is 0.422 e. The number of hydrogen-bond donors (Lipinski definition) is 1. The maximum atomic E-state index is 12.1. The summed E-state index contributed by atoms with van der Waals surface area (Å²) < 4.78 is 5.35. The Bertz CT molecular complexity index is 758. The molecule has 0 spiro atoms. The van der Waals surface area contributed by atoms with Gasteiger partial charge in [-0.1, -0.05) is 0 Å². The predicted octanol–water partition coefficient (Wildman–Crippen LogP) is 2.53. The second-order valence-corrected chi connectivity index (χ2v) is 5.59. The zero-order valence-corrected chi connectivity index (χ0v) is 12.9. The molecule has 1 N–H and O–H groups in total. The Hall–Kier alpha value is -2.30. The predicted molar refractivity (Wildman–Crippen MR) is 86.5 cm³/mol. The third-order valence-electron chi connectivity index (χ3n) is 4.01. The van der Waals surface area contributed by atoms with Crippen LogP contribution in [0.1, 0.15) is 37.0 Å². The van der Waals surface area contributed by atoms with Crippen molar-refractivity contribution in [3.05, 3.63) is 40.2 Å². The zero-order valence-electron chi connectivity index (χ0n) is 12.9. The number of nitrogens with one attached hydrogen (secondary N) is 1. The molecule has 0 bridgehead atoms. The van der Waals surface area contributed by atoms with Gasteiger partial charge in [0.2, 0.25) is 0 Å². The summed E-state index contributed by atoms with van der Waals surface area (Å²) in [6.07, 6.45) is 1.97. The summed E-state index contributed by atoms with van der Waals surface area (Å²) in [7, 11) is 0. The monoisotopic (exact) mass is 300 g/mol. The summed E-state index contributed by atoms with van der Waals surface area (Å²) in [5.41, 5.74) is 1.02. The lowest BCUT2D eigenvalue weighted by Gasteiger charge is -2.20. The Morgan fingerprint density at radius 1 is 1.27 bits per heavy atom. The SMILES string of the molecule is CCN(CC)c1ccc2cc(C(=O)NC3CC3)c(=O)oc2c1. The molecule has 0 aliphatic heterocycles. The Morgan fingerprint density at radius 2 is 2.00 bits per heavy atom. The van der Waals surface area contributed by atoms with E-state index in [0.29, 0.717) is 5.58 Å². The second kappa shape index (κ2) is 5.83. The van der Waals surface area contributed by atoms with Crippen molar-refractivity contribution in [3.63, 3.8) is 0 Å². The Kier molecular flexibility index (Phi) is 3.88. The smallest absolute Gasteiger partial charge is 0.349 e. The molecule has 5 heteroatoms. The summed E-state index contributed by atoms with van der Waals surface area (Å²) in [6, 6.07) is 7.56. The van der Waals surface area contributed by atoms with E-state index in [1.54, 1.807) is 6.07 Å². The first-order chi connectivity index (χ1) is 10.6. The number of anilines is 1. The first-order valence-corrected chi connectivity index (χ1v) is 7.76. The maximum absolute atomic E-state index is 12.1. The molecule has 1 aliphatic carbocycles. The maximum Gasteiger partial charge on any atom is 0.349 e. The van der Waals surface area contributed by atoms with Crippen molar-refractivity contribution in [1.82, 2.24) is 5.32 Å². The molecule has 3 rings (SSSR count). The molecule has 5 nitrogen and oxygen atoms in total. The van der Waals surface area contributed by atoms with E-state index in [1.165, 1.54) is 0 Å². The van der Waals surface area contributed by atoms with E-state index in [9.17, 15) is 9.59 Å². The van der Waals surface area contributed by atoms with Crippen LogP contribution in [0.5, 0.6) is 0 Å². The van der Waals surface area contributed by atoms with Crippen molar-refractivity contribution in [2.75, 3.05) is 18.0 Å². The highest BCUT2D eigenvalue weighted by Crippen LogP contribution is 2.23. The first-order valence-electron chi connectivity index (χ1n) is 7.76. The lowest BCUT2D eigenvalue weighted by Crippen LogP contribution is -2.29. The van der Waals surface area contributed by atoms with Gasteiger partial charge in [0.25, 0.3) is 5.91 Å². The lowest BCUT2D eigenvalue weighted by atomic mass is 10.1. The topological polar surface area (TPSA) is 62.6 Å². The average molecular weight is 300 g/mol. The lowest BCUT2D eigenvalue weighted by molar-refractivity contribution is 0.0947. The van der Waals surface area contributed by atoms with Crippen LogP contribution < -0.4 is 15.8 Å². The molecule has 0 unspecified atom stereocenters. The molecule has 1 aromatic carbocycles. The first kappa shape index (κ1) is 14.6. The number of hydrogen-bond acceptors (Lipinski definition) is 4. The van der Waals surface area contributed by atoms with Crippen LogP contribution in [0.3, 0.4) is 0 Å². The third-order valence-corrected chi connectivity index (χ3v) is 4.01. The number of amides is 1. The molecule has 0 atom stereocenters. The number of rotatable bonds is 5. The van der Waals surface area contributed by atoms with Gasteiger partial charge in [-0.2, -0.15) is 0 Å². The highest BCUT2D eigenvalue weighted by atomic mass is 16.4. The van der Waals surface area contributed by atoms with E-state index in [1.807, 2.05) is 18.2 Å². The van der Waals surface area contributed by atoms with Gasteiger partial charge in [-0.3, -0.25) is 4.79 Å². The van der Waals surface area contributed by atoms with Gasteiger partial charge in [0.15, 0.2) is 0 Å². The molecular weight excluding hydrogens is 280 g/mol. The number of carbonyl (C=O) groups excluding carboxylic acids is 1. The van der Waals surface area contributed by atoms with Gasteiger partial charge in [0.1, 0.15) is 11.1 Å². The summed E-state index contributed by atoms with van der Waals surface area (Å²) >= 11 is 0. The van der Waals surface area contributed by atoms with Crippen molar-refractivity contribution >= 4 is 22.6 Å². The second-order valence-electron chi connectivity index (χ2n) is 5.59. The highest BCUT2D eigenvalue weighted by molar-refractivity contribution is 5.97. The standard InChI is InChI=1S/C17H20N2O3/c1-3-19(4-2)13-8-5-11-9-14(16(20)18-12-6-7-12)17(21)22-15(11)10-13/h5,8-10,12H,3-4,6-7H2,1-2H3,(H,18,20). The highest BCUT2D eigenvalue weighted by Gasteiger charge is 2.25. The fourth-order valence-electron chi connectivity index (χ4n) is 2.53. The van der Waals surface area contributed by atoms with Crippen molar-refractivity contribution in [2.24, 2.45) is 0 Å². The minimum atomic E-state index is -0.581. The number of nitrogens with zero attached hydrogens (tertiary/aromatic N) is 1. The summed E-state index contributed by atoms with van der Waals surface area (Å²) in [4.78, 5) is 26.3. The van der Waals surface area contributed by atoms with E-state index in [4.69, 9.17) is 4.42 Å². The molecule has 1 aliphatic rings. The van der Waals surface area contributed by atoms with Crippen LogP contribution in [0, 0.1) is 0 Å². The molecule has 1 fully saturated rings. The quantitative estimate of drug-likeness (QED) is 0.862. The molecule has 1 aromatic heterocycles. The Morgan fingerprint density at radius 3 is 2.64 bits per heavy atom. The van der Waals surface area contributed by atoms with Gasteiger partial charge < -0.3 is 14.6 Å². The Balaban J connectivity index is 1.98. The fraction of sp³-hybridized carbons (Fsp3) is 0.412. The van der Waals surface area contributed by atoms with E-state index in [2.05, 4.69) is 24.1 Å². The average Bonchev–Trinajstić information content (AvgIpc) is 3.31. The normalized spacial score (nSPS) is 14.1. The van der Waals surface area contributed by atoms with Crippen molar-refractivity contribution in [2.45, 2.75) is 32.7 Å². The molecule has 0 saturated heterocycles. The van der Waals surface area contributed by atoms with Crippen molar-refractivity contribution < 1.29 is 9.21 Å². The van der Waals surface area contributed by atoms with E-state index in [0.717, 1.165) is 37.0 Å².